The van der Waals surface area contributed by atoms with E-state index in [4.69, 9.17) is 4.74 Å². The van der Waals surface area contributed by atoms with Crippen LogP contribution in [0.2, 0.25) is 0 Å². The molecule has 1 aromatic carbocycles. The van der Waals surface area contributed by atoms with Crippen LogP contribution in [0.15, 0.2) is 53.1 Å². The predicted octanol–water partition coefficient (Wildman–Crippen LogP) is 4.02. The number of nitrogens with one attached hydrogen (secondary N) is 1. The van der Waals surface area contributed by atoms with Crippen molar-refractivity contribution in [2.24, 2.45) is 0 Å². The summed E-state index contributed by atoms with van der Waals surface area (Å²) in [7, 11) is 1.65. The maximum atomic E-state index is 5.21. The summed E-state index contributed by atoms with van der Waals surface area (Å²) in [6, 6.07) is 11.8. The Morgan fingerprint density at radius 3 is 2.87 bits per heavy atom. The molecule has 118 valence electrons. The first-order valence-electron chi connectivity index (χ1n) is 7.10. The summed E-state index contributed by atoms with van der Waals surface area (Å²) in [6.07, 6.45) is 4.63. The molecule has 0 unspecified atom stereocenters. The second kappa shape index (κ2) is 7.94. The van der Waals surface area contributed by atoms with Crippen LogP contribution in [0.1, 0.15) is 5.56 Å². The van der Waals surface area contributed by atoms with Gasteiger partial charge in [-0.1, -0.05) is 29.2 Å². The van der Waals surface area contributed by atoms with Gasteiger partial charge in [0.15, 0.2) is 4.34 Å². The van der Waals surface area contributed by atoms with Crippen molar-refractivity contribution >= 4 is 33.9 Å². The monoisotopic (exact) mass is 344 g/mol. The molecule has 0 aliphatic rings. The molecule has 0 amide bonds. The van der Waals surface area contributed by atoms with Crippen molar-refractivity contribution in [3.8, 4) is 5.75 Å². The zero-order chi connectivity index (χ0) is 15.9. The number of hydrogen-bond acceptors (Lipinski definition) is 7. The highest BCUT2D eigenvalue weighted by Gasteiger charge is 2.06. The van der Waals surface area contributed by atoms with E-state index < -0.39 is 0 Å². The zero-order valence-corrected chi connectivity index (χ0v) is 14.2. The largest absolute Gasteiger partial charge is 0.497 e. The van der Waals surface area contributed by atoms with Gasteiger partial charge in [0, 0.05) is 29.9 Å². The standard InChI is InChI=1S/C16H16N4OS2/c1-21-14-4-2-3-13(11-14)18-15-19-20-16(23-15)22-10-7-12-5-8-17-9-6-12/h2-6,8-9,11H,7,10H2,1H3,(H,18,19). The Morgan fingerprint density at radius 1 is 1.17 bits per heavy atom. The molecule has 0 saturated carbocycles. The molecule has 5 nitrogen and oxygen atoms in total. The van der Waals surface area contributed by atoms with Gasteiger partial charge >= 0.3 is 0 Å². The highest BCUT2D eigenvalue weighted by Crippen LogP contribution is 2.29. The third-order valence-corrected chi connectivity index (χ3v) is 5.07. The first-order chi connectivity index (χ1) is 11.3. The van der Waals surface area contributed by atoms with E-state index in [1.54, 1.807) is 30.2 Å². The second-order valence-electron chi connectivity index (χ2n) is 4.68. The van der Waals surface area contributed by atoms with E-state index in [-0.39, 0.29) is 0 Å². The quantitative estimate of drug-likeness (QED) is 0.653. The summed E-state index contributed by atoms with van der Waals surface area (Å²) in [5.41, 5.74) is 2.22. The molecule has 0 saturated heterocycles. The number of thioether (sulfide) groups is 1. The molecule has 2 heterocycles. The number of methoxy groups -OCH3 is 1. The minimum Gasteiger partial charge on any atom is -0.497 e. The van der Waals surface area contributed by atoms with Crippen molar-refractivity contribution in [2.75, 3.05) is 18.2 Å². The molecule has 1 N–H and O–H groups in total. The molecule has 0 fully saturated rings. The van der Waals surface area contributed by atoms with Crippen molar-refractivity contribution in [3.05, 3.63) is 54.4 Å². The molecule has 2 aromatic heterocycles. The lowest BCUT2D eigenvalue weighted by Gasteiger charge is -2.04. The summed E-state index contributed by atoms with van der Waals surface area (Å²) >= 11 is 3.27. The maximum absolute atomic E-state index is 5.21. The Labute approximate surface area is 143 Å². The minimum absolute atomic E-state index is 0.782. The first-order valence-corrected chi connectivity index (χ1v) is 8.90. The van der Waals surface area contributed by atoms with Gasteiger partial charge in [0.2, 0.25) is 5.13 Å². The van der Waals surface area contributed by atoms with Crippen LogP contribution >= 0.6 is 23.1 Å². The minimum atomic E-state index is 0.782. The van der Waals surface area contributed by atoms with E-state index in [1.807, 2.05) is 48.8 Å². The molecular weight excluding hydrogens is 328 g/mol. The van der Waals surface area contributed by atoms with Gasteiger partial charge in [0.25, 0.3) is 0 Å². The summed E-state index contributed by atoms with van der Waals surface area (Å²) in [5, 5.41) is 12.4. The summed E-state index contributed by atoms with van der Waals surface area (Å²) in [5.74, 6) is 1.78. The number of hydrogen-bond donors (Lipinski definition) is 1. The third-order valence-electron chi connectivity index (χ3n) is 3.09. The van der Waals surface area contributed by atoms with Gasteiger partial charge in [-0.25, -0.2) is 0 Å². The van der Waals surface area contributed by atoms with Gasteiger partial charge in [0.1, 0.15) is 5.75 Å². The second-order valence-corrected chi connectivity index (χ2v) is 7.00. The van der Waals surface area contributed by atoms with E-state index in [2.05, 4.69) is 20.5 Å². The normalized spacial score (nSPS) is 10.5. The van der Waals surface area contributed by atoms with Gasteiger partial charge in [-0.3, -0.25) is 4.98 Å². The molecule has 23 heavy (non-hydrogen) atoms. The van der Waals surface area contributed by atoms with Crippen molar-refractivity contribution in [1.82, 2.24) is 15.2 Å². The number of pyridine rings is 1. The molecule has 0 aliphatic carbocycles. The topological polar surface area (TPSA) is 59.9 Å². The number of rotatable bonds is 7. The van der Waals surface area contributed by atoms with Crippen molar-refractivity contribution in [1.29, 1.82) is 0 Å². The van der Waals surface area contributed by atoms with Gasteiger partial charge in [-0.15, -0.1) is 10.2 Å². The highest BCUT2D eigenvalue weighted by atomic mass is 32.2. The van der Waals surface area contributed by atoms with E-state index in [0.29, 0.717) is 0 Å². The molecule has 0 bridgehead atoms. The van der Waals surface area contributed by atoms with Gasteiger partial charge < -0.3 is 10.1 Å². The lowest BCUT2D eigenvalue weighted by atomic mass is 10.2. The van der Waals surface area contributed by atoms with Crippen molar-refractivity contribution < 1.29 is 4.74 Å². The summed E-state index contributed by atoms with van der Waals surface area (Å²) in [4.78, 5) is 4.02. The van der Waals surface area contributed by atoms with E-state index in [0.717, 1.165) is 33.1 Å². The average molecular weight is 344 g/mol. The molecule has 0 radical (unpaired) electrons. The van der Waals surface area contributed by atoms with Gasteiger partial charge in [0.05, 0.1) is 7.11 Å². The van der Waals surface area contributed by atoms with Crippen LogP contribution in [0.3, 0.4) is 0 Å². The number of aryl methyl sites for hydroxylation is 1. The van der Waals surface area contributed by atoms with Crippen LogP contribution in [-0.2, 0) is 6.42 Å². The molecule has 7 heteroatoms. The van der Waals surface area contributed by atoms with Crippen LogP contribution in [0.4, 0.5) is 10.8 Å². The van der Waals surface area contributed by atoms with Crippen molar-refractivity contribution in [2.45, 2.75) is 10.8 Å². The van der Waals surface area contributed by atoms with Gasteiger partial charge in [-0.2, -0.15) is 0 Å². The van der Waals surface area contributed by atoms with Crippen LogP contribution in [0.5, 0.6) is 5.75 Å². The Kier molecular flexibility index (Phi) is 5.44. The maximum Gasteiger partial charge on any atom is 0.210 e. The number of aromatic nitrogens is 3. The number of benzene rings is 1. The number of ether oxygens (including phenoxy) is 1. The van der Waals surface area contributed by atoms with Crippen LogP contribution in [0.25, 0.3) is 0 Å². The zero-order valence-electron chi connectivity index (χ0n) is 12.6. The smallest absolute Gasteiger partial charge is 0.210 e. The number of anilines is 2. The Bertz CT molecular complexity index is 749. The molecule has 3 rings (SSSR count). The Hall–Kier alpha value is -2.12. The molecule has 0 spiro atoms. The van der Waals surface area contributed by atoms with Gasteiger partial charge in [-0.05, 0) is 36.2 Å². The molecule has 0 aliphatic heterocycles. The summed E-state index contributed by atoms with van der Waals surface area (Å²) < 4.78 is 6.17. The average Bonchev–Trinajstić information content (AvgIpc) is 3.03. The highest BCUT2D eigenvalue weighted by molar-refractivity contribution is 8.01. The fraction of sp³-hybridized carbons (Fsp3) is 0.188. The first kappa shape index (κ1) is 15.8. The fourth-order valence-electron chi connectivity index (χ4n) is 1.95. The van der Waals surface area contributed by atoms with E-state index in [9.17, 15) is 0 Å². The van der Waals surface area contributed by atoms with Crippen molar-refractivity contribution in [3.63, 3.8) is 0 Å². The molecule has 3 aromatic rings. The summed E-state index contributed by atoms with van der Waals surface area (Å²) in [6.45, 7) is 0. The lowest BCUT2D eigenvalue weighted by molar-refractivity contribution is 0.415. The van der Waals surface area contributed by atoms with Crippen LogP contribution < -0.4 is 10.1 Å². The van der Waals surface area contributed by atoms with Crippen LogP contribution in [0, 0.1) is 0 Å². The number of nitrogens with zero attached hydrogens (tertiary/aromatic N) is 3. The molecule has 0 atom stereocenters. The SMILES string of the molecule is COc1cccc(Nc2nnc(SCCc3ccncc3)s2)c1. The Balaban J connectivity index is 1.53. The lowest BCUT2D eigenvalue weighted by Crippen LogP contribution is -1.90. The predicted molar refractivity (Wildman–Crippen MR) is 94.9 cm³/mol. The molecular formula is C16H16N4OS2. The van der Waals surface area contributed by atoms with E-state index >= 15 is 0 Å². The Morgan fingerprint density at radius 2 is 2.04 bits per heavy atom. The van der Waals surface area contributed by atoms with E-state index in [1.165, 1.54) is 5.56 Å². The third kappa shape index (κ3) is 4.67. The van der Waals surface area contributed by atoms with Crippen LogP contribution in [-0.4, -0.2) is 28.0 Å². The fourth-order valence-corrected chi connectivity index (χ4v) is 3.78.